The number of urea groups is 1. The van der Waals surface area contributed by atoms with Gasteiger partial charge in [0.2, 0.25) is 5.91 Å². The normalized spacial score (nSPS) is 21.2. The minimum atomic E-state index is -4.26. The molecule has 1 spiro atoms. The van der Waals surface area contributed by atoms with Crippen LogP contribution in [0.5, 0.6) is 0 Å². The summed E-state index contributed by atoms with van der Waals surface area (Å²) in [5.41, 5.74) is 0.983. The van der Waals surface area contributed by atoms with Crippen LogP contribution in [-0.2, 0) is 38.3 Å². The number of nitrogens with zero attached hydrogens (tertiary/aromatic N) is 3. The van der Waals surface area contributed by atoms with E-state index in [2.05, 4.69) is 21.2 Å². The summed E-state index contributed by atoms with van der Waals surface area (Å²) >= 11 is 3.42. The Morgan fingerprint density at radius 2 is 1.83 bits per heavy atom. The third kappa shape index (κ3) is 5.65. The summed E-state index contributed by atoms with van der Waals surface area (Å²) in [5, 5.41) is 11.6. The van der Waals surface area contributed by atoms with Gasteiger partial charge in [0.05, 0.1) is 0 Å². The molecule has 3 N–H and O–H groups in total. The van der Waals surface area contributed by atoms with E-state index in [0.29, 0.717) is 24.0 Å². The van der Waals surface area contributed by atoms with Crippen LogP contribution >= 0.6 is 15.9 Å². The van der Waals surface area contributed by atoms with Crippen LogP contribution < -0.4 is 10.0 Å². The lowest BCUT2D eigenvalue weighted by atomic mass is 9.92. The van der Waals surface area contributed by atoms with Crippen molar-refractivity contribution in [2.75, 3.05) is 19.6 Å². The maximum absolute atomic E-state index is 13.7. The van der Waals surface area contributed by atoms with Crippen LogP contribution in [0.1, 0.15) is 36.0 Å². The molecular formula is C26H27BrFN5O7S. The van der Waals surface area contributed by atoms with Gasteiger partial charge in [-0.05, 0) is 66.6 Å². The predicted molar refractivity (Wildman–Crippen MR) is 146 cm³/mol. The van der Waals surface area contributed by atoms with Gasteiger partial charge in [-0.2, -0.15) is 12.7 Å². The van der Waals surface area contributed by atoms with Crippen molar-refractivity contribution in [2.24, 2.45) is 0 Å². The number of carbonyl (C=O) groups excluding carboxylic acids is 3. The molecule has 5 amide bonds. The Kier molecular flexibility index (Phi) is 7.78. The highest BCUT2D eigenvalue weighted by Gasteiger charge is 2.55. The third-order valence-electron chi connectivity index (χ3n) is 7.77. The number of piperidine rings is 1. The molecule has 1 atom stereocenters. The average Bonchev–Trinajstić information content (AvgIpc) is 3.39. The molecule has 0 aromatic heterocycles. The number of rotatable bonds is 7. The Morgan fingerprint density at radius 1 is 1.15 bits per heavy atom. The first-order chi connectivity index (χ1) is 19.4. The monoisotopic (exact) mass is 651 g/mol. The third-order valence-corrected chi connectivity index (χ3v) is 9.74. The molecule has 2 saturated heterocycles. The maximum atomic E-state index is 13.7. The Labute approximate surface area is 243 Å². The predicted octanol–water partition coefficient (Wildman–Crippen LogP) is 2.29. The van der Waals surface area contributed by atoms with E-state index in [1.807, 2.05) is 6.07 Å². The fourth-order valence-electron chi connectivity index (χ4n) is 5.77. The van der Waals surface area contributed by atoms with E-state index in [1.165, 1.54) is 33.9 Å². The molecule has 1 unspecified atom stereocenters. The lowest BCUT2D eigenvalue weighted by Gasteiger charge is -2.38. The van der Waals surface area contributed by atoms with Crippen molar-refractivity contribution >= 4 is 50.1 Å². The summed E-state index contributed by atoms with van der Waals surface area (Å²) < 4.78 is 41.4. The molecule has 41 heavy (non-hydrogen) atoms. The van der Waals surface area contributed by atoms with Crippen molar-refractivity contribution in [3.8, 4) is 0 Å². The van der Waals surface area contributed by atoms with E-state index < -0.39 is 58.1 Å². The summed E-state index contributed by atoms with van der Waals surface area (Å²) in [4.78, 5) is 53.7. The number of hydrogen-bond acceptors (Lipinski definition) is 6. The van der Waals surface area contributed by atoms with Crippen LogP contribution in [0.15, 0.2) is 46.9 Å². The van der Waals surface area contributed by atoms with Gasteiger partial charge in [0.1, 0.15) is 17.9 Å². The zero-order chi connectivity index (χ0) is 29.5. The second kappa shape index (κ2) is 11.0. The van der Waals surface area contributed by atoms with Crippen LogP contribution in [0.25, 0.3) is 0 Å². The largest absolute Gasteiger partial charge is 0.464 e. The topological polar surface area (TPSA) is 156 Å². The fraction of sp³-hybridized carbons (Fsp3) is 0.385. The smallest absolute Gasteiger partial charge is 0.419 e. The highest BCUT2D eigenvalue weighted by Crippen LogP contribution is 2.42. The average molecular weight is 652 g/mol. The van der Waals surface area contributed by atoms with Gasteiger partial charge in [0, 0.05) is 30.1 Å². The molecule has 2 aliphatic heterocycles. The van der Waals surface area contributed by atoms with E-state index in [-0.39, 0.29) is 32.5 Å². The summed E-state index contributed by atoms with van der Waals surface area (Å²) in [7, 11) is -4.26. The van der Waals surface area contributed by atoms with Gasteiger partial charge in [0.15, 0.2) is 0 Å². The molecule has 2 fully saturated rings. The highest BCUT2D eigenvalue weighted by molar-refractivity contribution is 9.10. The number of hydrogen-bond donors (Lipinski definition) is 3. The molecule has 5 rings (SSSR count). The minimum Gasteiger partial charge on any atom is -0.464 e. The number of carboxylic acid groups (broad SMARTS) is 1. The number of fused-ring (bicyclic) bond motifs is 2. The number of benzene rings is 2. The molecule has 15 heteroatoms. The van der Waals surface area contributed by atoms with E-state index in [9.17, 15) is 32.0 Å². The maximum Gasteiger partial charge on any atom is 0.419 e. The van der Waals surface area contributed by atoms with Gasteiger partial charge < -0.3 is 15.3 Å². The van der Waals surface area contributed by atoms with Crippen molar-refractivity contribution in [1.82, 2.24) is 24.1 Å². The van der Waals surface area contributed by atoms with E-state index in [4.69, 9.17) is 5.11 Å². The van der Waals surface area contributed by atoms with E-state index >= 15 is 0 Å². The minimum absolute atomic E-state index is 0.0373. The van der Waals surface area contributed by atoms with Gasteiger partial charge in [-0.1, -0.05) is 34.1 Å². The number of imide groups is 1. The summed E-state index contributed by atoms with van der Waals surface area (Å²) in [6.45, 7) is -0.605. The van der Waals surface area contributed by atoms with Crippen LogP contribution in [0.2, 0.25) is 0 Å². The lowest BCUT2D eigenvalue weighted by Crippen LogP contribution is -2.53. The van der Waals surface area contributed by atoms with E-state index in [0.717, 1.165) is 19.2 Å². The van der Waals surface area contributed by atoms with Crippen molar-refractivity contribution in [1.29, 1.82) is 0 Å². The molecule has 0 saturated carbocycles. The number of halogens is 2. The Balaban J connectivity index is 1.35. The molecular weight excluding hydrogens is 625 g/mol. The van der Waals surface area contributed by atoms with Crippen LogP contribution in [0.3, 0.4) is 0 Å². The molecule has 2 heterocycles. The highest BCUT2D eigenvalue weighted by atomic mass is 79.9. The first-order valence-electron chi connectivity index (χ1n) is 12.9. The summed E-state index contributed by atoms with van der Waals surface area (Å²) in [6, 6.07) is 9.86. The van der Waals surface area contributed by atoms with Crippen molar-refractivity contribution < 1.29 is 37.1 Å². The van der Waals surface area contributed by atoms with Crippen molar-refractivity contribution in [2.45, 2.75) is 43.8 Å². The quantitative estimate of drug-likeness (QED) is 0.388. The fourth-order valence-corrected chi connectivity index (χ4v) is 7.22. The van der Waals surface area contributed by atoms with Crippen molar-refractivity contribution in [3.63, 3.8) is 0 Å². The Morgan fingerprint density at radius 3 is 2.49 bits per heavy atom. The molecule has 0 radical (unpaired) electrons. The molecule has 218 valence electrons. The molecule has 2 aromatic rings. The zero-order valence-corrected chi connectivity index (χ0v) is 24.1. The van der Waals surface area contributed by atoms with Crippen molar-refractivity contribution in [3.05, 3.63) is 69.4 Å². The number of amides is 5. The standard InChI is InChI=1S/C26H27BrFN5O7S/c27-18-3-6-21-17(13-18)7-10-26(21)23(35)33(24(36)29-26)15-22(34)32(14-16-1-4-19(28)5-2-16)20-8-11-31(12-9-20)41(39,40)30-25(37)38/h1-6,13,20,30H,7-12,14-15H2,(H,29,36)(H,37,38). The van der Waals surface area contributed by atoms with E-state index in [1.54, 1.807) is 12.1 Å². The number of aryl methyl sites for hydroxylation is 1. The summed E-state index contributed by atoms with van der Waals surface area (Å²) in [5.74, 6) is -1.50. The van der Waals surface area contributed by atoms with Crippen LogP contribution in [-0.4, -0.2) is 77.2 Å². The molecule has 12 nitrogen and oxygen atoms in total. The summed E-state index contributed by atoms with van der Waals surface area (Å²) in [6.07, 6.45) is -0.397. The lowest BCUT2D eigenvalue weighted by molar-refractivity contribution is -0.141. The first-order valence-corrected chi connectivity index (χ1v) is 15.1. The molecule has 1 aliphatic carbocycles. The van der Waals surface area contributed by atoms with Crippen LogP contribution in [0.4, 0.5) is 14.0 Å². The van der Waals surface area contributed by atoms with Gasteiger partial charge in [-0.3, -0.25) is 14.5 Å². The second-order valence-corrected chi connectivity index (χ2v) is 12.8. The number of nitrogens with one attached hydrogen (secondary N) is 2. The van der Waals surface area contributed by atoms with Gasteiger partial charge in [0.25, 0.3) is 5.91 Å². The van der Waals surface area contributed by atoms with Gasteiger partial charge in [-0.25, -0.2) is 18.7 Å². The Bertz CT molecular complexity index is 1510. The molecule has 3 aliphatic rings. The zero-order valence-electron chi connectivity index (χ0n) is 21.7. The SMILES string of the molecule is O=C(O)NS(=O)(=O)N1CCC(N(Cc2ccc(F)cc2)C(=O)CN2C(=O)NC3(CCc4cc(Br)ccc43)C2=O)CC1. The first kappa shape index (κ1) is 29.0. The molecule has 0 bridgehead atoms. The van der Waals surface area contributed by atoms with Crippen LogP contribution in [0, 0.1) is 5.82 Å². The second-order valence-electron chi connectivity index (χ2n) is 10.2. The molecule has 2 aromatic carbocycles. The Hall–Kier alpha value is -3.56. The number of carbonyl (C=O) groups is 4. The van der Waals surface area contributed by atoms with Gasteiger partial charge in [-0.15, -0.1) is 0 Å². The van der Waals surface area contributed by atoms with Gasteiger partial charge >= 0.3 is 22.3 Å².